The van der Waals surface area contributed by atoms with Crippen molar-refractivity contribution in [3.8, 4) is 5.75 Å². The number of nitrogens with one attached hydrogen (secondary N) is 2. The molecule has 0 amide bonds. The van der Waals surface area contributed by atoms with Crippen LogP contribution in [0.2, 0.25) is 0 Å². The van der Waals surface area contributed by atoms with Gasteiger partial charge in [0, 0.05) is 30.0 Å². The van der Waals surface area contributed by atoms with Crippen LogP contribution in [0.15, 0.2) is 58.2 Å². The molecule has 1 unspecified atom stereocenters. The number of anilines is 1. The predicted octanol–water partition coefficient (Wildman–Crippen LogP) is 2.78. The van der Waals surface area contributed by atoms with Gasteiger partial charge in [-0.25, -0.2) is 13.4 Å². The number of aromatic nitrogens is 2. The van der Waals surface area contributed by atoms with Crippen molar-refractivity contribution in [2.45, 2.75) is 36.7 Å². The zero-order chi connectivity index (χ0) is 24.0. The van der Waals surface area contributed by atoms with Crippen molar-refractivity contribution in [2.75, 3.05) is 19.1 Å². The minimum absolute atomic E-state index is 0.166. The largest absolute Gasteiger partial charge is 0.496 e. The minimum Gasteiger partial charge on any atom is -0.496 e. The zero-order valence-electron chi connectivity index (χ0n) is 19.2. The molecule has 3 aromatic rings. The maximum atomic E-state index is 12.8. The molecule has 0 saturated heterocycles. The third-order valence-corrected chi connectivity index (χ3v) is 7.99. The van der Waals surface area contributed by atoms with Crippen molar-refractivity contribution in [1.29, 1.82) is 0 Å². The van der Waals surface area contributed by atoms with Crippen LogP contribution in [0.25, 0.3) is 10.9 Å². The van der Waals surface area contributed by atoms with Gasteiger partial charge in [0.05, 0.1) is 28.3 Å². The molecule has 10 heteroatoms. The summed E-state index contributed by atoms with van der Waals surface area (Å²) < 4.78 is 31.0. The SMILES string of the molecule is COc1ccc(S(=O)(=O)C(C)C)cc1C1(N)N=CC=C(N(C)c2ccc3c(C)[nH]nc3c2)N1. The molecule has 1 aromatic heterocycles. The molecule has 1 aliphatic heterocycles. The highest BCUT2D eigenvalue weighted by atomic mass is 32.2. The molecule has 2 aromatic carbocycles. The van der Waals surface area contributed by atoms with Crippen LogP contribution >= 0.6 is 0 Å². The number of aromatic amines is 1. The molecule has 9 nitrogen and oxygen atoms in total. The van der Waals surface area contributed by atoms with E-state index in [-0.39, 0.29) is 4.90 Å². The number of nitrogens with zero attached hydrogens (tertiary/aromatic N) is 3. The number of fused-ring (bicyclic) bond motifs is 1. The van der Waals surface area contributed by atoms with Crippen molar-refractivity contribution in [3.63, 3.8) is 0 Å². The number of hydrogen-bond acceptors (Lipinski definition) is 8. The Morgan fingerprint density at radius 3 is 2.64 bits per heavy atom. The first kappa shape index (κ1) is 22.8. The fourth-order valence-electron chi connectivity index (χ4n) is 3.74. The van der Waals surface area contributed by atoms with Crippen molar-refractivity contribution >= 4 is 32.6 Å². The van der Waals surface area contributed by atoms with E-state index in [1.165, 1.54) is 19.2 Å². The van der Waals surface area contributed by atoms with Gasteiger partial charge in [-0.2, -0.15) is 5.10 Å². The lowest BCUT2D eigenvalue weighted by Gasteiger charge is -2.36. The number of H-pyrrole nitrogens is 1. The van der Waals surface area contributed by atoms with Gasteiger partial charge in [0.1, 0.15) is 11.6 Å². The molecule has 33 heavy (non-hydrogen) atoms. The van der Waals surface area contributed by atoms with Crippen molar-refractivity contribution in [3.05, 3.63) is 59.6 Å². The number of aliphatic imine (C=N–C) groups is 1. The van der Waals surface area contributed by atoms with E-state index in [1.54, 1.807) is 32.2 Å². The third kappa shape index (κ3) is 3.96. The smallest absolute Gasteiger partial charge is 0.213 e. The molecule has 1 aliphatic rings. The summed E-state index contributed by atoms with van der Waals surface area (Å²) in [6.45, 7) is 5.26. The van der Waals surface area contributed by atoms with E-state index >= 15 is 0 Å². The zero-order valence-corrected chi connectivity index (χ0v) is 20.1. The quantitative estimate of drug-likeness (QED) is 0.508. The van der Waals surface area contributed by atoms with E-state index in [1.807, 2.05) is 37.1 Å². The summed E-state index contributed by atoms with van der Waals surface area (Å²) in [6, 6.07) is 10.6. The molecular formula is C23H28N6O3S. The Morgan fingerprint density at radius 2 is 1.94 bits per heavy atom. The lowest BCUT2D eigenvalue weighted by Crippen LogP contribution is -2.52. The van der Waals surface area contributed by atoms with Crippen LogP contribution in [0, 0.1) is 6.92 Å². The standard InChI is InChI=1S/C23H28N6O3S/c1-14(2)33(30,31)17-7-9-21(32-5)19(13-17)23(24)25-11-10-22(26-23)29(4)16-6-8-18-15(3)27-28-20(18)12-16/h6-14,26H,24H2,1-5H3,(H,27,28). The van der Waals surface area contributed by atoms with Gasteiger partial charge in [0.25, 0.3) is 0 Å². The molecular weight excluding hydrogens is 440 g/mol. The number of benzene rings is 2. The van der Waals surface area contributed by atoms with Gasteiger partial charge in [-0.05, 0) is 63.2 Å². The van der Waals surface area contributed by atoms with Gasteiger partial charge in [-0.3, -0.25) is 10.8 Å². The number of allylic oxidation sites excluding steroid dienone is 1. The van der Waals surface area contributed by atoms with Crippen molar-refractivity contribution in [1.82, 2.24) is 15.5 Å². The first-order valence-electron chi connectivity index (χ1n) is 10.5. The third-order valence-electron chi connectivity index (χ3n) is 5.84. The maximum absolute atomic E-state index is 12.8. The average molecular weight is 469 g/mol. The number of nitrogens with two attached hydrogens (primary N) is 1. The molecule has 4 N–H and O–H groups in total. The molecule has 0 saturated carbocycles. The summed E-state index contributed by atoms with van der Waals surface area (Å²) in [7, 11) is -0.0991. The Morgan fingerprint density at radius 1 is 1.18 bits per heavy atom. The minimum atomic E-state index is -3.51. The number of hydrogen-bond donors (Lipinski definition) is 3. The Balaban J connectivity index is 1.70. The fraction of sp³-hybridized carbons (Fsp3) is 0.304. The number of aryl methyl sites for hydroxylation is 1. The number of sulfone groups is 1. The Bertz CT molecular complexity index is 1380. The van der Waals surface area contributed by atoms with Crippen LogP contribution in [0.1, 0.15) is 25.1 Å². The lowest BCUT2D eigenvalue weighted by atomic mass is 10.1. The summed E-state index contributed by atoms with van der Waals surface area (Å²) in [4.78, 5) is 6.53. The summed E-state index contributed by atoms with van der Waals surface area (Å²) in [5.74, 6) is -0.320. The molecule has 4 rings (SSSR count). The molecule has 0 spiro atoms. The second kappa shape index (κ2) is 8.20. The first-order chi connectivity index (χ1) is 15.6. The molecule has 174 valence electrons. The second-order valence-corrected chi connectivity index (χ2v) is 10.8. The molecule has 0 aliphatic carbocycles. The number of ether oxygens (including phenoxy) is 1. The predicted molar refractivity (Wildman–Crippen MR) is 130 cm³/mol. The second-order valence-electron chi connectivity index (χ2n) is 8.29. The highest BCUT2D eigenvalue weighted by molar-refractivity contribution is 7.92. The average Bonchev–Trinajstić information content (AvgIpc) is 3.18. The number of rotatable bonds is 6. The molecule has 0 radical (unpaired) electrons. The highest BCUT2D eigenvalue weighted by Crippen LogP contribution is 2.34. The van der Waals surface area contributed by atoms with Gasteiger partial charge in [-0.15, -0.1) is 0 Å². The Labute approximate surface area is 193 Å². The molecule has 0 fully saturated rings. The highest BCUT2D eigenvalue weighted by Gasteiger charge is 2.34. The fourth-order valence-corrected chi connectivity index (χ4v) is 4.83. The van der Waals surface area contributed by atoms with E-state index in [0.29, 0.717) is 17.1 Å². The summed E-state index contributed by atoms with van der Waals surface area (Å²) in [5.41, 5.74) is 9.85. The number of methoxy groups -OCH3 is 1. The summed E-state index contributed by atoms with van der Waals surface area (Å²) in [5, 5.41) is 11.1. The van der Waals surface area contributed by atoms with E-state index in [0.717, 1.165) is 22.3 Å². The van der Waals surface area contributed by atoms with Crippen LogP contribution in [0.5, 0.6) is 5.75 Å². The van der Waals surface area contributed by atoms with E-state index in [2.05, 4.69) is 20.5 Å². The monoisotopic (exact) mass is 468 g/mol. The topological polar surface area (TPSA) is 126 Å². The van der Waals surface area contributed by atoms with Crippen molar-refractivity contribution in [2.24, 2.45) is 10.7 Å². The van der Waals surface area contributed by atoms with Gasteiger partial charge < -0.3 is 15.0 Å². The van der Waals surface area contributed by atoms with Gasteiger partial charge in [-0.1, -0.05) is 0 Å². The van der Waals surface area contributed by atoms with Gasteiger partial charge >= 0.3 is 0 Å². The van der Waals surface area contributed by atoms with Crippen LogP contribution in [-0.4, -0.2) is 44.2 Å². The van der Waals surface area contributed by atoms with Gasteiger partial charge in [0.2, 0.25) is 5.79 Å². The molecule has 1 atom stereocenters. The molecule has 0 bridgehead atoms. The summed E-state index contributed by atoms with van der Waals surface area (Å²) in [6.07, 6.45) is 3.40. The van der Waals surface area contributed by atoms with Crippen LogP contribution in [-0.2, 0) is 15.6 Å². The lowest BCUT2D eigenvalue weighted by molar-refractivity contribution is 0.351. The van der Waals surface area contributed by atoms with Crippen LogP contribution < -0.4 is 20.7 Å². The Kier molecular flexibility index (Phi) is 5.67. The Hall–Kier alpha value is -3.37. The van der Waals surface area contributed by atoms with Crippen molar-refractivity contribution < 1.29 is 13.2 Å². The van der Waals surface area contributed by atoms with E-state index < -0.39 is 20.9 Å². The summed E-state index contributed by atoms with van der Waals surface area (Å²) >= 11 is 0. The van der Waals surface area contributed by atoms with Crippen LogP contribution in [0.3, 0.4) is 0 Å². The molecule has 2 heterocycles. The maximum Gasteiger partial charge on any atom is 0.213 e. The van der Waals surface area contributed by atoms with Crippen LogP contribution in [0.4, 0.5) is 5.69 Å². The van der Waals surface area contributed by atoms with E-state index in [9.17, 15) is 8.42 Å². The first-order valence-corrected chi connectivity index (χ1v) is 12.0. The van der Waals surface area contributed by atoms with E-state index in [4.69, 9.17) is 10.5 Å². The normalized spacial score (nSPS) is 18.3. The van der Waals surface area contributed by atoms with Gasteiger partial charge in [0.15, 0.2) is 9.84 Å².